The Labute approximate surface area is 91.9 Å². The molecule has 0 radical (unpaired) electrons. The standard InChI is InChI=1S/C11H11F2NO2/c1-14(16-2)11(15)6-4-8-3-5-9(12)7-10(8)13/h3-7H,1-2H3/b6-4+. The van der Waals surface area contributed by atoms with E-state index in [0.29, 0.717) is 0 Å². The van der Waals surface area contributed by atoms with E-state index in [2.05, 4.69) is 4.84 Å². The summed E-state index contributed by atoms with van der Waals surface area (Å²) in [6.07, 6.45) is 2.40. The minimum absolute atomic E-state index is 0.138. The summed E-state index contributed by atoms with van der Waals surface area (Å²) < 4.78 is 25.7. The number of hydrogen-bond acceptors (Lipinski definition) is 2. The van der Waals surface area contributed by atoms with E-state index >= 15 is 0 Å². The van der Waals surface area contributed by atoms with Crippen LogP contribution < -0.4 is 0 Å². The summed E-state index contributed by atoms with van der Waals surface area (Å²) in [5, 5.41) is 0.984. The lowest BCUT2D eigenvalue weighted by atomic mass is 10.2. The lowest BCUT2D eigenvalue weighted by Gasteiger charge is -2.09. The van der Waals surface area contributed by atoms with Crippen molar-refractivity contribution in [1.29, 1.82) is 0 Å². The molecule has 1 aromatic rings. The minimum atomic E-state index is -0.718. The first kappa shape index (κ1) is 12.3. The summed E-state index contributed by atoms with van der Waals surface area (Å²) in [6.45, 7) is 0. The molecule has 1 aromatic carbocycles. The second kappa shape index (κ2) is 5.37. The maximum atomic E-state index is 13.1. The van der Waals surface area contributed by atoms with Crippen molar-refractivity contribution in [3.05, 3.63) is 41.5 Å². The van der Waals surface area contributed by atoms with Gasteiger partial charge in [0.1, 0.15) is 11.6 Å². The molecule has 1 amide bonds. The quantitative estimate of drug-likeness (QED) is 0.584. The molecule has 0 spiro atoms. The number of hydroxylamine groups is 2. The first-order valence-corrected chi connectivity index (χ1v) is 4.49. The first-order valence-electron chi connectivity index (χ1n) is 4.49. The second-order valence-electron chi connectivity index (χ2n) is 3.02. The SMILES string of the molecule is CON(C)C(=O)/C=C/c1ccc(F)cc1F. The van der Waals surface area contributed by atoms with E-state index in [1.54, 1.807) is 0 Å². The number of hydrogen-bond donors (Lipinski definition) is 0. The van der Waals surface area contributed by atoms with Gasteiger partial charge >= 0.3 is 0 Å². The number of halogens is 2. The molecule has 0 fully saturated rings. The Hall–Kier alpha value is -1.75. The van der Waals surface area contributed by atoms with Gasteiger partial charge < -0.3 is 0 Å². The van der Waals surface area contributed by atoms with Gasteiger partial charge in [0.25, 0.3) is 5.91 Å². The van der Waals surface area contributed by atoms with E-state index in [4.69, 9.17) is 0 Å². The van der Waals surface area contributed by atoms with Gasteiger partial charge in [-0.15, -0.1) is 0 Å². The third-order valence-electron chi connectivity index (χ3n) is 1.95. The lowest BCUT2D eigenvalue weighted by molar-refractivity contribution is -0.162. The van der Waals surface area contributed by atoms with Gasteiger partial charge in [-0.25, -0.2) is 13.8 Å². The summed E-state index contributed by atoms with van der Waals surface area (Å²) in [6, 6.07) is 3.12. The molecule has 0 atom stereocenters. The molecule has 0 aromatic heterocycles. The molecule has 0 saturated carbocycles. The molecule has 0 saturated heterocycles. The van der Waals surface area contributed by atoms with Gasteiger partial charge in [-0.05, 0) is 18.2 Å². The predicted molar refractivity (Wildman–Crippen MR) is 55.2 cm³/mol. The smallest absolute Gasteiger partial charge is 0.269 e. The fourth-order valence-electron chi connectivity index (χ4n) is 0.993. The van der Waals surface area contributed by atoms with Crippen molar-refractivity contribution in [2.45, 2.75) is 0 Å². The van der Waals surface area contributed by atoms with E-state index in [1.165, 1.54) is 26.3 Å². The topological polar surface area (TPSA) is 29.5 Å². The fourth-order valence-corrected chi connectivity index (χ4v) is 0.993. The van der Waals surface area contributed by atoms with Crippen LogP contribution in [0.5, 0.6) is 0 Å². The number of benzene rings is 1. The lowest BCUT2D eigenvalue weighted by Crippen LogP contribution is -2.22. The Morgan fingerprint density at radius 3 is 2.69 bits per heavy atom. The van der Waals surface area contributed by atoms with Gasteiger partial charge in [0.2, 0.25) is 0 Å². The summed E-state index contributed by atoms with van der Waals surface area (Å²) in [7, 11) is 2.76. The molecule has 16 heavy (non-hydrogen) atoms. The highest BCUT2D eigenvalue weighted by molar-refractivity contribution is 5.90. The molecule has 0 bridgehead atoms. The van der Waals surface area contributed by atoms with Crippen molar-refractivity contribution in [2.75, 3.05) is 14.2 Å². The zero-order chi connectivity index (χ0) is 12.1. The molecule has 0 aliphatic rings. The van der Waals surface area contributed by atoms with E-state index in [0.717, 1.165) is 23.3 Å². The highest BCUT2D eigenvalue weighted by Crippen LogP contribution is 2.11. The fraction of sp³-hybridized carbons (Fsp3) is 0.182. The molecule has 0 heterocycles. The normalized spacial score (nSPS) is 10.8. The molecular formula is C11H11F2NO2. The number of carbonyl (C=O) groups is 1. The minimum Gasteiger partial charge on any atom is -0.274 e. The van der Waals surface area contributed by atoms with E-state index < -0.39 is 17.5 Å². The summed E-state index contributed by atoms with van der Waals surface area (Å²) in [5.74, 6) is -1.81. The van der Waals surface area contributed by atoms with Crippen LogP contribution in [0.3, 0.4) is 0 Å². The van der Waals surface area contributed by atoms with Crippen molar-refractivity contribution in [3.63, 3.8) is 0 Å². The van der Waals surface area contributed by atoms with Crippen molar-refractivity contribution < 1.29 is 18.4 Å². The zero-order valence-corrected chi connectivity index (χ0v) is 8.91. The zero-order valence-electron chi connectivity index (χ0n) is 8.91. The molecule has 0 aliphatic carbocycles. The number of rotatable bonds is 3. The van der Waals surface area contributed by atoms with Gasteiger partial charge in [-0.2, -0.15) is 0 Å². The van der Waals surface area contributed by atoms with E-state index in [1.807, 2.05) is 0 Å². The molecule has 3 nitrogen and oxygen atoms in total. The van der Waals surface area contributed by atoms with Gasteiger partial charge in [-0.1, -0.05) is 0 Å². The summed E-state index contributed by atoms with van der Waals surface area (Å²) >= 11 is 0. The number of likely N-dealkylation sites (N-methyl/N-ethyl adjacent to an activating group) is 1. The third-order valence-corrected chi connectivity index (χ3v) is 1.95. The van der Waals surface area contributed by atoms with Crippen molar-refractivity contribution >= 4 is 12.0 Å². The van der Waals surface area contributed by atoms with Crippen molar-refractivity contribution in [3.8, 4) is 0 Å². The van der Waals surface area contributed by atoms with Gasteiger partial charge in [0.15, 0.2) is 0 Å². The van der Waals surface area contributed by atoms with Crippen LogP contribution in [0.25, 0.3) is 6.08 Å². The summed E-state index contributed by atoms with van der Waals surface area (Å²) in [4.78, 5) is 15.9. The third kappa shape index (κ3) is 3.13. The van der Waals surface area contributed by atoms with Crippen molar-refractivity contribution in [1.82, 2.24) is 5.06 Å². The Morgan fingerprint density at radius 1 is 1.44 bits per heavy atom. The maximum absolute atomic E-state index is 13.1. The molecule has 0 N–H and O–H groups in total. The highest BCUT2D eigenvalue weighted by Gasteiger charge is 2.04. The van der Waals surface area contributed by atoms with Crippen LogP contribution in [0.1, 0.15) is 5.56 Å². The molecule has 0 aliphatic heterocycles. The van der Waals surface area contributed by atoms with E-state index in [9.17, 15) is 13.6 Å². The van der Waals surface area contributed by atoms with E-state index in [-0.39, 0.29) is 5.56 Å². The second-order valence-corrected chi connectivity index (χ2v) is 3.02. The highest BCUT2D eigenvalue weighted by atomic mass is 19.1. The van der Waals surface area contributed by atoms with Crippen molar-refractivity contribution in [2.24, 2.45) is 0 Å². The van der Waals surface area contributed by atoms with Crippen LogP contribution in [0.4, 0.5) is 8.78 Å². The number of amides is 1. The first-order chi connectivity index (χ1) is 7.54. The average Bonchev–Trinajstić information content (AvgIpc) is 2.26. The monoisotopic (exact) mass is 227 g/mol. The van der Waals surface area contributed by atoms with Crippen LogP contribution >= 0.6 is 0 Å². The Balaban J connectivity index is 2.80. The van der Waals surface area contributed by atoms with Gasteiger partial charge in [0.05, 0.1) is 7.11 Å². The van der Waals surface area contributed by atoms with Gasteiger partial charge in [0, 0.05) is 24.8 Å². The van der Waals surface area contributed by atoms with Crippen LogP contribution in [0, 0.1) is 11.6 Å². The Kier molecular flexibility index (Phi) is 4.13. The summed E-state index contributed by atoms with van der Waals surface area (Å²) in [5.41, 5.74) is 0.138. The molecule has 0 unspecified atom stereocenters. The molecule has 1 rings (SSSR count). The number of nitrogens with zero attached hydrogens (tertiary/aromatic N) is 1. The largest absolute Gasteiger partial charge is 0.274 e. The Morgan fingerprint density at radius 2 is 2.12 bits per heavy atom. The predicted octanol–water partition coefficient (Wildman–Crippen LogP) is 2.00. The van der Waals surface area contributed by atoms with Crippen LogP contribution in [-0.4, -0.2) is 25.1 Å². The maximum Gasteiger partial charge on any atom is 0.269 e. The van der Waals surface area contributed by atoms with Crippen LogP contribution in [0.15, 0.2) is 24.3 Å². The average molecular weight is 227 g/mol. The molecular weight excluding hydrogens is 216 g/mol. The molecule has 5 heteroatoms. The van der Waals surface area contributed by atoms with Crippen LogP contribution in [0.2, 0.25) is 0 Å². The van der Waals surface area contributed by atoms with Gasteiger partial charge in [-0.3, -0.25) is 9.63 Å². The number of carbonyl (C=O) groups excluding carboxylic acids is 1. The Bertz CT molecular complexity index is 418. The van der Waals surface area contributed by atoms with Crippen LogP contribution in [-0.2, 0) is 9.63 Å². The molecule has 86 valence electrons.